The van der Waals surface area contributed by atoms with Gasteiger partial charge in [0, 0.05) is 23.2 Å². The summed E-state index contributed by atoms with van der Waals surface area (Å²) in [7, 11) is -2.24. The molecule has 0 bridgehead atoms. The summed E-state index contributed by atoms with van der Waals surface area (Å²) < 4.78 is 23.0. The van der Waals surface area contributed by atoms with E-state index < -0.39 is 10.0 Å². The molecule has 0 atom stereocenters. The van der Waals surface area contributed by atoms with Crippen LogP contribution < -0.4 is 5.14 Å². The van der Waals surface area contributed by atoms with Gasteiger partial charge >= 0.3 is 0 Å². The van der Waals surface area contributed by atoms with Crippen molar-refractivity contribution in [2.24, 2.45) is 5.14 Å². The third kappa shape index (κ3) is 3.75. The second-order valence-corrected chi connectivity index (χ2v) is 7.62. The van der Waals surface area contributed by atoms with Gasteiger partial charge in [0.1, 0.15) is 0 Å². The van der Waals surface area contributed by atoms with E-state index in [2.05, 4.69) is 0 Å². The lowest BCUT2D eigenvalue weighted by Crippen LogP contribution is -2.44. The van der Waals surface area contributed by atoms with Gasteiger partial charge in [-0.2, -0.15) is 0 Å². The van der Waals surface area contributed by atoms with Crippen LogP contribution in [0.25, 0.3) is 0 Å². The summed E-state index contributed by atoms with van der Waals surface area (Å²) in [5, 5.41) is 5.32. The maximum absolute atomic E-state index is 12.6. The Hall–Kier alpha value is -1.11. The highest BCUT2D eigenvalue weighted by atomic mass is 35.5. The van der Waals surface area contributed by atoms with Crippen molar-refractivity contribution in [3.8, 4) is 0 Å². The zero-order valence-electron chi connectivity index (χ0n) is 12.9. The topological polar surface area (TPSA) is 80.5 Å². The first-order valence-corrected chi connectivity index (χ1v) is 8.45. The summed E-state index contributed by atoms with van der Waals surface area (Å²) in [6, 6.07) is 2.54. The quantitative estimate of drug-likeness (QED) is 0.920. The maximum Gasteiger partial charge on any atom is 0.254 e. The van der Waals surface area contributed by atoms with Gasteiger partial charge in [0.2, 0.25) is 10.0 Å². The smallest absolute Gasteiger partial charge is 0.254 e. The van der Waals surface area contributed by atoms with Crippen LogP contribution in [0.3, 0.4) is 0 Å². The molecule has 0 fully saturated rings. The molecule has 1 amide bonds. The molecule has 7 heteroatoms. The third-order valence-electron chi connectivity index (χ3n) is 3.95. The van der Waals surface area contributed by atoms with Crippen molar-refractivity contribution in [2.45, 2.75) is 44.6 Å². The number of amides is 1. The number of primary sulfonamides is 1. The van der Waals surface area contributed by atoms with E-state index in [1.165, 1.54) is 12.1 Å². The molecular formula is C14H21ClN2O3S. The summed E-state index contributed by atoms with van der Waals surface area (Å²) in [6.07, 6.45) is 0.761. The molecule has 118 valence electrons. The molecule has 5 nitrogen and oxygen atoms in total. The first-order valence-electron chi connectivity index (χ1n) is 6.53. The Morgan fingerprint density at radius 2 is 1.90 bits per heavy atom. The number of hydrogen-bond acceptors (Lipinski definition) is 3. The van der Waals surface area contributed by atoms with Crippen LogP contribution >= 0.6 is 11.6 Å². The molecule has 0 heterocycles. The molecule has 0 saturated carbocycles. The number of nitrogens with zero attached hydrogens (tertiary/aromatic N) is 1. The molecule has 1 rings (SSSR count). The fourth-order valence-electron chi connectivity index (χ4n) is 1.73. The highest BCUT2D eigenvalue weighted by Crippen LogP contribution is 2.27. The number of nitrogens with two attached hydrogens (primary N) is 1. The Bertz CT molecular complexity index is 669. The van der Waals surface area contributed by atoms with Crippen molar-refractivity contribution < 1.29 is 13.2 Å². The van der Waals surface area contributed by atoms with Crippen molar-refractivity contribution in [1.29, 1.82) is 0 Å². The highest BCUT2D eigenvalue weighted by molar-refractivity contribution is 7.89. The summed E-state index contributed by atoms with van der Waals surface area (Å²) in [5.41, 5.74) is 0.427. The molecule has 2 N–H and O–H groups in total. The number of rotatable bonds is 4. The van der Waals surface area contributed by atoms with E-state index in [0.29, 0.717) is 5.56 Å². The predicted molar refractivity (Wildman–Crippen MR) is 84.0 cm³/mol. The van der Waals surface area contributed by atoms with E-state index >= 15 is 0 Å². The van der Waals surface area contributed by atoms with Gasteiger partial charge in [-0.3, -0.25) is 4.79 Å². The van der Waals surface area contributed by atoms with Crippen molar-refractivity contribution in [3.05, 3.63) is 28.3 Å². The van der Waals surface area contributed by atoms with Crippen LogP contribution in [0.15, 0.2) is 17.0 Å². The zero-order chi connectivity index (χ0) is 16.6. The van der Waals surface area contributed by atoms with Crippen LogP contribution in [-0.2, 0) is 10.0 Å². The number of carbonyl (C=O) groups excluding carboxylic acids is 1. The van der Waals surface area contributed by atoms with Gasteiger partial charge in [0.05, 0.1) is 4.90 Å². The van der Waals surface area contributed by atoms with Crippen molar-refractivity contribution in [1.82, 2.24) is 4.90 Å². The lowest BCUT2D eigenvalue weighted by Gasteiger charge is -2.35. The fourth-order valence-corrected chi connectivity index (χ4v) is 2.58. The minimum atomic E-state index is -3.92. The Labute approximate surface area is 131 Å². The Balaban J connectivity index is 3.43. The molecule has 0 aliphatic carbocycles. The van der Waals surface area contributed by atoms with Crippen LogP contribution in [0, 0.1) is 6.92 Å². The summed E-state index contributed by atoms with van der Waals surface area (Å²) in [6.45, 7) is 7.52. The first-order chi connectivity index (χ1) is 9.41. The molecule has 1 aromatic carbocycles. The van der Waals surface area contributed by atoms with Crippen LogP contribution in [0.5, 0.6) is 0 Å². The number of hydrogen-bond donors (Lipinski definition) is 1. The summed E-state index contributed by atoms with van der Waals surface area (Å²) in [5.74, 6) is -0.285. The normalized spacial score (nSPS) is 12.3. The SMILES string of the molecule is CCC(C)(C)N(C)C(=O)c1cc(S(N)(=O)=O)cc(Cl)c1C. The molecule has 0 saturated heterocycles. The summed E-state index contributed by atoms with van der Waals surface area (Å²) >= 11 is 6.03. The van der Waals surface area contributed by atoms with E-state index in [4.69, 9.17) is 16.7 Å². The lowest BCUT2D eigenvalue weighted by molar-refractivity contribution is 0.0619. The minimum Gasteiger partial charge on any atom is -0.337 e. The lowest BCUT2D eigenvalue weighted by atomic mass is 9.98. The number of sulfonamides is 1. The summed E-state index contributed by atoms with van der Waals surface area (Å²) in [4.78, 5) is 14.1. The fraction of sp³-hybridized carbons (Fsp3) is 0.500. The van der Waals surface area contributed by atoms with E-state index in [1.54, 1.807) is 18.9 Å². The number of halogens is 1. The van der Waals surface area contributed by atoms with Crippen LogP contribution in [-0.4, -0.2) is 31.8 Å². The zero-order valence-corrected chi connectivity index (χ0v) is 14.5. The second-order valence-electron chi connectivity index (χ2n) is 5.65. The van der Waals surface area contributed by atoms with E-state index in [0.717, 1.165) is 6.42 Å². The molecular weight excluding hydrogens is 312 g/mol. The van der Waals surface area contributed by atoms with Gasteiger partial charge in [0.25, 0.3) is 5.91 Å². The monoisotopic (exact) mass is 332 g/mol. The van der Waals surface area contributed by atoms with Gasteiger partial charge in [0.15, 0.2) is 0 Å². The van der Waals surface area contributed by atoms with Crippen LogP contribution in [0.2, 0.25) is 5.02 Å². The number of benzene rings is 1. The van der Waals surface area contributed by atoms with Crippen LogP contribution in [0.1, 0.15) is 43.1 Å². The van der Waals surface area contributed by atoms with E-state index in [-0.39, 0.29) is 26.9 Å². The van der Waals surface area contributed by atoms with Gasteiger partial charge in [-0.25, -0.2) is 13.6 Å². The molecule has 0 spiro atoms. The average Bonchev–Trinajstić information content (AvgIpc) is 2.38. The largest absolute Gasteiger partial charge is 0.337 e. The van der Waals surface area contributed by atoms with E-state index in [9.17, 15) is 13.2 Å². The molecule has 21 heavy (non-hydrogen) atoms. The minimum absolute atomic E-state index is 0.163. The molecule has 0 aliphatic heterocycles. The van der Waals surface area contributed by atoms with Gasteiger partial charge in [-0.15, -0.1) is 0 Å². The van der Waals surface area contributed by atoms with Crippen molar-refractivity contribution >= 4 is 27.5 Å². The van der Waals surface area contributed by atoms with Crippen LogP contribution in [0.4, 0.5) is 0 Å². The molecule has 0 aliphatic rings. The Morgan fingerprint density at radius 3 is 2.33 bits per heavy atom. The van der Waals surface area contributed by atoms with Crippen molar-refractivity contribution in [2.75, 3.05) is 7.05 Å². The predicted octanol–water partition coefficient (Wildman–Crippen LogP) is 2.56. The number of carbonyl (C=O) groups is 1. The van der Waals surface area contributed by atoms with Gasteiger partial charge in [-0.05, 0) is 44.9 Å². The van der Waals surface area contributed by atoms with Gasteiger partial charge < -0.3 is 4.90 Å². The standard InChI is InChI=1S/C14H21ClN2O3S/c1-6-14(3,4)17(5)13(18)11-7-10(21(16,19)20)8-12(15)9(11)2/h7-8H,6H2,1-5H3,(H2,16,19,20). The Morgan fingerprint density at radius 1 is 1.38 bits per heavy atom. The molecule has 0 unspecified atom stereocenters. The van der Waals surface area contributed by atoms with Crippen molar-refractivity contribution in [3.63, 3.8) is 0 Å². The molecule has 0 radical (unpaired) electrons. The first kappa shape index (κ1) is 17.9. The molecule has 1 aromatic rings. The maximum atomic E-state index is 12.6. The third-order valence-corrected chi connectivity index (χ3v) is 5.24. The Kier molecular flexibility index (Phi) is 5.08. The second kappa shape index (κ2) is 5.94. The molecule has 0 aromatic heterocycles. The average molecular weight is 333 g/mol. The van der Waals surface area contributed by atoms with Gasteiger partial charge in [-0.1, -0.05) is 18.5 Å². The highest BCUT2D eigenvalue weighted by Gasteiger charge is 2.28. The van der Waals surface area contributed by atoms with E-state index in [1.807, 2.05) is 20.8 Å².